The molecule has 0 aromatic heterocycles. The molecule has 21 heavy (non-hydrogen) atoms. The molecular formula is C17H18O4. The number of carbonyl (C=O) groups is 1. The number of carboxylic acid groups (broad SMARTS) is 1. The lowest BCUT2D eigenvalue weighted by Gasteiger charge is -2.24. The topological polar surface area (TPSA) is 66.8 Å². The lowest BCUT2D eigenvalue weighted by Crippen LogP contribution is -2.21. The van der Waals surface area contributed by atoms with Crippen molar-refractivity contribution in [3.05, 3.63) is 59.2 Å². The van der Waals surface area contributed by atoms with Crippen molar-refractivity contribution in [2.24, 2.45) is 5.92 Å². The molecule has 2 rings (SSSR count). The van der Waals surface area contributed by atoms with Crippen molar-refractivity contribution in [3.8, 4) is 5.75 Å². The largest absolute Gasteiger partial charge is 0.507 e. The molecule has 2 N–H and O–H groups in total. The van der Waals surface area contributed by atoms with Gasteiger partial charge in [-0.2, -0.15) is 0 Å². The Bertz CT molecular complexity index is 623. The van der Waals surface area contributed by atoms with Crippen molar-refractivity contribution in [1.82, 2.24) is 0 Å². The second-order valence-corrected chi connectivity index (χ2v) is 5.12. The Morgan fingerprint density at radius 3 is 2.67 bits per heavy atom. The van der Waals surface area contributed by atoms with Gasteiger partial charge in [-0.15, -0.1) is 0 Å². The standard InChI is InChI=1S/C17H18O4/c1-11(2)13-7-5-9-16(21-17(19)20)14(13)10-12-6-3-4-8-15(12)18/h3-11,16,18H,1-2H3,(H,19,20). The minimum Gasteiger partial charge on any atom is -0.507 e. The number of hydrogen-bond acceptors (Lipinski definition) is 3. The van der Waals surface area contributed by atoms with Crippen LogP contribution in [-0.2, 0) is 4.74 Å². The van der Waals surface area contributed by atoms with Crippen LogP contribution in [0, 0.1) is 5.92 Å². The number of aromatic hydroxyl groups is 1. The predicted molar refractivity (Wildman–Crippen MR) is 81.0 cm³/mol. The number of para-hydroxylation sites is 1. The zero-order chi connectivity index (χ0) is 15.4. The second-order valence-electron chi connectivity index (χ2n) is 5.12. The SMILES string of the molecule is CC(C)C1=CC=CC(OC(=O)O)C1=Cc1ccccc1O. The minimum absolute atomic E-state index is 0.150. The van der Waals surface area contributed by atoms with Gasteiger partial charge in [0.05, 0.1) is 0 Å². The first-order valence-corrected chi connectivity index (χ1v) is 6.77. The molecule has 0 heterocycles. The van der Waals surface area contributed by atoms with Crippen LogP contribution in [0.25, 0.3) is 6.08 Å². The van der Waals surface area contributed by atoms with Crippen LogP contribution < -0.4 is 0 Å². The highest BCUT2D eigenvalue weighted by atomic mass is 16.7. The monoisotopic (exact) mass is 286 g/mol. The molecule has 1 aliphatic rings. The Hall–Kier alpha value is -2.49. The van der Waals surface area contributed by atoms with Gasteiger partial charge >= 0.3 is 6.16 Å². The van der Waals surface area contributed by atoms with E-state index in [1.807, 2.05) is 26.0 Å². The van der Waals surface area contributed by atoms with Gasteiger partial charge in [-0.05, 0) is 29.7 Å². The quantitative estimate of drug-likeness (QED) is 0.824. The normalized spacial score (nSPS) is 19.7. The fraction of sp³-hybridized carbons (Fsp3) is 0.235. The third-order valence-electron chi connectivity index (χ3n) is 3.30. The van der Waals surface area contributed by atoms with E-state index in [4.69, 9.17) is 9.84 Å². The maximum atomic E-state index is 10.9. The fourth-order valence-electron chi connectivity index (χ4n) is 2.30. The maximum absolute atomic E-state index is 10.9. The van der Waals surface area contributed by atoms with Crippen LogP contribution in [0.15, 0.2) is 53.6 Å². The van der Waals surface area contributed by atoms with E-state index >= 15 is 0 Å². The average molecular weight is 286 g/mol. The van der Waals surface area contributed by atoms with Crippen molar-refractivity contribution in [3.63, 3.8) is 0 Å². The highest BCUT2D eigenvalue weighted by Gasteiger charge is 2.23. The van der Waals surface area contributed by atoms with Gasteiger partial charge in [0.2, 0.25) is 0 Å². The first kappa shape index (κ1) is 14.9. The number of allylic oxidation sites excluding steroid dienone is 2. The Morgan fingerprint density at radius 1 is 1.33 bits per heavy atom. The van der Waals surface area contributed by atoms with Gasteiger partial charge in [0.25, 0.3) is 0 Å². The van der Waals surface area contributed by atoms with Crippen molar-refractivity contribution < 1.29 is 19.7 Å². The summed E-state index contributed by atoms with van der Waals surface area (Å²) in [5, 5.41) is 18.8. The summed E-state index contributed by atoms with van der Waals surface area (Å²) < 4.78 is 4.94. The highest BCUT2D eigenvalue weighted by molar-refractivity contribution is 5.68. The molecular weight excluding hydrogens is 268 g/mol. The molecule has 0 amide bonds. The Morgan fingerprint density at radius 2 is 2.05 bits per heavy atom. The Labute approximate surface area is 123 Å². The zero-order valence-electron chi connectivity index (χ0n) is 12.0. The third-order valence-corrected chi connectivity index (χ3v) is 3.30. The minimum atomic E-state index is -1.32. The summed E-state index contributed by atoms with van der Waals surface area (Å²) >= 11 is 0. The lowest BCUT2D eigenvalue weighted by molar-refractivity contribution is 0.0803. The summed E-state index contributed by atoms with van der Waals surface area (Å²) in [5.74, 6) is 0.365. The summed E-state index contributed by atoms with van der Waals surface area (Å²) in [7, 11) is 0. The van der Waals surface area contributed by atoms with E-state index in [9.17, 15) is 9.90 Å². The molecule has 1 atom stereocenters. The smallest absolute Gasteiger partial charge is 0.506 e. The third kappa shape index (κ3) is 3.54. The Balaban J connectivity index is 2.46. The molecule has 0 fully saturated rings. The molecule has 0 bridgehead atoms. The van der Waals surface area contributed by atoms with E-state index in [0.29, 0.717) is 5.56 Å². The molecule has 1 unspecified atom stereocenters. The number of rotatable bonds is 3. The van der Waals surface area contributed by atoms with E-state index in [-0.39, 0.29) is 11.7 Å². The number of phenolic OH excluding ortho intramolecular Hbond substituents is 1. The summed E-state index contributed by atoms with van der Waals surface area (Å²) in [6.45, 7) is 4.06. The lowest BCUT2D eigenvalue weighted by atomic mass is 9.86. The van der Waals surface area contributed by atoms with Crippen LogP contribution >= 0.6 is 0 Å². The van der Waals surface area contributed by atoms with Crippen molar-refractivity contribution in [2.75, 3.05) is 0 Å². The van der Waals surface area contributed by atoms with Crippen molar-refractivity contribution >= 4 is 12.2 Å². The number of ether oxygens (including phenoxy) is 1. The number of phenols is 1. The van der Waals surface area contributed by atoms with E-state index < -0.39 is 12.3 Å². The molecule has 4 heteroatoms. The van der Waals surface area contributed by atoms with Crippen LogP contribution in [0.3, 0.4) is 0 Å². The average Bonchev–Trinajstić information content (AvgIpc) is 2.42. The molecule has 1 aliphatic carbocycles. The number of hydrogen-bond donors (Lipinski definition) is 2. The van der Waals surface area contributed by atoms with Crippen LogP contribution in [0.2, 0.25) is 0 Å². The molecule has 0 aliphatic heterocycles. The van der Waals surface area contributed by atoms with E-state index in [1.54, 1.807) is 36.4 Å². The van der Waals surface area contributed by atoms with E-state index in [0.717, 1.165) is 11.1 Å². The van der Waals surface area contributed by atoms with Gasteiger partial charge in [0.15, 0.2) is 0 Å². The van der Waals surface area contributed by atoms with Crippen LogP contribution in [0.4, 0.5) is 4.79 Å². The fourth-order valence-corrected chi connectivity index (χ4v) is 2.30. The molecule has 0 saturated heterocycles. The van der Waals surface area contributed by atoms with Gasteiger partial charge in [0.1, 0.15) is 11.9 Å². The van der Waals surface area contributed by atoms with Crippen LogP contribution in [-0.4, -0.2) is 22.5 Å². The first-order valence-electron chi connectivity index (χ1n) is 6.77. The summed E-state index contributed by atoms with van der Waals surface area (Å²) in [6, 6.07) is 6.92. The van der Waals surface area contributed by atoms with Gasteiger partial charge in [-0.1, -0.05) is 44.2 Å². The van der Waals surface area contributed by atoms with E-state index in [2.05, 4.69) is 0 Å². The molecule has 1 aromatic rings. The highest BCUT2D eigenvalue weighted by Crippen LogP contribution is 2.32. The van der Waals surface area contributed by atoms with Crippen molar-refractivity contribution in [1.29, 1.82) is 0 Å². The first-order chi connectivity index (χ1) is 9.99. The molecule has 0 saturated carbocycles. The predicted octanol–water partition coefficient (Wildman–Crippen LogP) is 3.99. The summed E-state index contributed by atoms with van der Waals surface area (Å²) in [4.78, 5) is 10.9. The molecule has 110 valence electrons. The van der Waals surface area contributed by atoms with Crippen LogP contribution in [0.1, 0.15) is 19.4 Å². The Kier molecular flexibility index (Phi) is 4.48. The van der Waals surface area contributed by atoms with Gasteiger partial charge in [-0.25, -0.2) is 4.79 Å². The van der Waals surface area contributed by atoms with Gasteiger partial charge in [0, 0.05) is 11.1 Å². The number of benzene rings is 1. The van der Waals surface area contributed by atoms with Crippen molar-refractivity contribution in [2.45, 2.75) is 20.0 Å². The second kappa shape index (κ2) is 6.31. The van der Waals surface area contributed by atoms with Crippen LogP contribution in [0.5, 0.6) is 5.75 Å². The van der Waals surface area contributed by atoms with Gasteiger partial charge in [-0.3, -0.25) is 0 Å². The summed E-state index contributed by atoms with van der Waals surface area (Å²) in [5.41, 5.74) is 2.37. The molecule has 0 spiro atoms. The summed E-state index contributed by atoms with van der Waals surface area (Å²) in [6.07, 6.45) is 5.22. The molecule has 4 nitrogen and oxygen atoms in total. The van der Waals surface area contributed by atoms with E-state index in [1.165, 1.54) is 0 Å². The van der Waals surface area contributed by atoms with Gasteiger partial charge < -0.3 is 14.9 Å². The molecule has 1 aromatic carbocycles. The maximum Gasteiger partial charge on any atom is 0.506 e. The molecule has 0 radical (unpaired) electrons. The zero-order valence-corrected chi connectivity index (χ0v) is 12.0.